The van der Waals surface area contributed by atoms with Crippen molar-refractivity contribution in [3.05, 3.63) is 33.9 Å². The summed E-state index contributed by atoms with van der Waals surface area (Å²) in [5.74, 6) is -0.310. The van der Waals surface area contributed by atoms with E-state index in [2.05, 4.69) is 4.90 Å². The van der Waals surface area contributed by atoms with Gasteiger partial charge in [-0.1, -0.05) is 6.07 Å². The van der Waals surface area contributed by atoms with Crippen molar-refractivity contribution >= 4 is 24.2 Å². The summed E-state index contributed by atoms with van der Waals surface area (Å²) in [4.78, 5) is 27.7. The smallest absolute Gasteiger partial charge is 0.399 e. The second-order valence-electron chi connectivity index (χ2n) is 8.22. The molecule has 0 bridgehead atoms. The molecule has 2 saturated heterocycles. The SMILES string of the molecule is CN1CCN(C(=O)c2ccc(B3OC(C)(C)C(C)(C)O3)cc2[N+](=O)[O-])CC1. The first kappa shape index (κ1) is 19.8. The summed E-state index contributed by atoms with van der Waals surface area (Å²) >= 11 is 0. The summed E-state index contributed by atoms with van der Waals surface area (Å²) in [6, 6.07) is 4.59. The third-order valence-electron chi connectivity index (χ3n) is 5.76. The van der Waals surface area contributed by atoms with Crippen LogP contribution >= 0.6 is 0 Å². The van der Waals surface area contributed by atoms with E-state index >= 15 is 0 Å². The number of amides is 1. The van der Waals surface area contributed by atoms with E-state index in [1.807, 2.05) is 34.7 Å². The molecule has 1 amide bonds. The van der Waals surface area contributed by atoms with Crippen LogP contribution in [-0.4, -0.2) is 72.2 Å². The number of nitro groups is 1. The van der Waals surface area contributed by atoms with Gasteiger partial charge in [-0.3, -0.25) is 14.9 Å². The average Bonchev–Trinajstić information content (AvgIpc) is 2.82. The highest BCUT2D eigenvalue weighted by Gasteiger charge is 2.52. The van der Waals surface area contributed by atoms with Gasteiger partial charge in [0.25, 0.3) is 11.6 Å². The van der Waals surface area contributed by atoms with Crippen LogP contribution in [0.3, 0.4) is 0 Å². The minimum Gasteiger partial charge on any atom is -0.399 e. The van der Waals surface area contributed by atoms with Gasteiger partial charge in [-0.2, -0.15) is 0 Å². The van der Waals surface area contributed by atoms with E-state index < -0.39 is 23.2 Å². The second-order valence-corrected chi connectivity index (χ2v) is 8.22. The van der Waals surface area contributed by atoms with Crippen LogP contribution in [0.25, 0.3) is 0 Å². The van der Waals surface area contributed by atoms with Gasteiger partial charge in [0.1, 0.15) is 5.56 Å². The normalized spacial score (nSPS) is 22.1. The summed E-state index contributed by atoms with van der Waals surface area (Å²) in [7, 11) is 1.28. The molecule has 3 rings (SSSR count). The quantitative estimate of drug-likeness (QED) is 0.450. The lowest BCUT2D eigenvalue weighted by molar-refractivity contribution is -0.385. The summed E-state index contributed by atoms with van der Waals surface area (Å²) in [6.45, 7) is 10.3. The molecule has 2 fully saturated rings. The first-order chi connectivity index (χ1) is 12.5. The molecule has 0 spiro atoms. The molecule has 1 aromatic rings. The Morgan fingerprint density at radius 3 is 2.19 bits per heavy atom. The number of carbonyl (C=O) groups is 1. The maximum atomic E-state index is 12.8. The fourth-order valence-electron chi connectivity index (χ4n) is 3.19. The number of nitrogens with zero attached hydrogens (tertiary/aromatic N) is 3. The van der Waals surface area contributed by atoms with Crippen LogP contribution in [0.5, 0.6) is 0 Å². The van der Waals surface area contributed by atoms with E-state index in [-0.39, 0.29) is 17.2 Å². The fourth-order valence-corrected chi connectivity index (χ4v) is 3.19. The molecule has 2 heterocycles. The Hall–Kier alpha value is -1.97. The van der Waals surface area contributed by atoms with E-state index in [1.54, 1.807) is 11.0 Å². The topological polar surface area (TPSA) is 85.2 Å². The van der Waals surface area contributed by atoms with Gasteiger partial charge in [-0.05, 0) is 46.3 Å². The van der Waals surface area contributed by atoms with E-state index in [1.165, 1.54) is 12.1 Å². The largest absolute Gasteiger partial charge is 0.495 e. The highest BCUT2D eigenvalue weighted by Crippen LogP contribution is 2.36. The number of piperazine rings is 1. The average molecular weight is 375 g/mol. The predicted molar refractivity (Wildman–Crippen MR) is 102 cm³/mol. The fraction of sp³-hybridized carbons (Fsp3) is 0.611. The van der Waals surface area contributed by atoms with Crippen LogP contribution in [0.2, 0.25) is 0 Å². The Kier molecular flexibility index (Phi) is 5.05. The van der Waals surface area contributed by atoms with Crippen LogP contribution in [0.15, 0.2) is 18.2 Å². The van der Waals surface area contributed by atoms with Crippen molar-refractivity contribution in [1.29, 1.82) is 0 Å². The molecule has 0 aromatic heterocycles. The first-order valence-electron chi connectivity index (χ1n) is 9.13. The number of hydrogen-bond donors (Lipinski definition) is 0. The van der Waals surface area contributed by atoms with Gasteiger partial charge in [-0.15, -0.1) is 0 Å². The summed E-state index contributed by atoms with van der Waals surface area (Å²) in [6.07, 6.45) is 0. The van der Waals surface area contributed by atoms with E-state index in [4.69, 9.17) is 9.31 Å². The number of likely N-dealkylation sites (N-methyl/N-ethyl adjacent to an activating group) is 1. The summed E-state index contributed by atoms with van der Waals surface area (Å²) < 4.78 is 11.9. The van der Waals surface area contributed by atoms with Crippen molar-refractivity contribution in [1.82, 2.24) is 9.80 Å². The Balaban J connectivity index is 1.88. The van der Waals surface area contributed by atoms with Crippen molar-refractivity contribution in [2.24, 2.45) is 0 Å². The monoisotopic (exact) mass is 375 g/mol. The second kappa shape index (κ2) is 6.89. The van der Waals surface area contributed by atoms with Crippen LogP contribution in [0, 0.1) is 10.1 Å². The third-order valence-corrected chi connectivity index (χ3v) is 5.76. The molecule has 8 nitrogen and oxygen atoms in total. The number of benzene rings is 1. The van der Waals surface area contributed by atoms with Gasteiger partial charge in [0.2, 0.25) is 0 Å². The highest BCUT2D eigenvalue weighted by atomic mass is 16.7. The van der Waals surface area contributed by atoms with Gasteiger partial charge in [0.15, 0.2) is 0 Å². The molecule has 1 aromatic carbocycles. The van der Waals surface area contributed by atoms with Crippen LogP contribution in [0.1, 0.15) is 38.1 Å². The molecule has 2 aliphatic heterocycles. The molecule has 0 aliphatic carbocycles. The highest BCUT2D eigenvalue weighted by molar-refractivity contribution is 6.62. The van der Waals surface area contributed by atoms with Crippen molar-refractivity contribution in [2.75, 3.05) is 33.2 Å². The minimum absolute atomic E-state index is 0.102. The molecule has 146 valence electrons. The number of hydrogen-bond acceptors (Lipinski definition) is 6. The number of nitro benzene ring substituents is 1. The molecule has 0 unspecified atom stereocenters. The third kappa shape index (κ3) is 3.72. The molecule has 2 aliphatic rings. The lowest BCUT2D eigenvalue weighted by atomic mass is 9.78. The lowest BCUT2D eigenvalue weighted by Crippen LogP contribution is -2.47. The zero-order valence-electron chi connectivity index (χ0n) is 16.5. The standard InChI is InChI=1S/C18H26BN3O5/c1-17(2)18(3,4)27-19(26-17)13-6-7-14(15(12-13)22(24)25)16(23)21-10-8-20(5)9-11-21/h6-7,12H,8-11H2,1-5H3. The molecular weight excluding hydrogens is 349 g/mol. The molecule has 0 N–H and O–H groups in total. The van der Waals surface area contributed by atoms with Gasteiger partial charge in [0, 0.05) is 32.2 Å². The van der Waals surface area contributed by atoms with Crippen molar-refractivity contribution in [3.63, 3.8) is 0 Å². The van der Waals surface area contributed by atoms with E-state index in [9.17, 15) is 14.9 Å². The number of rotatable bonds is 3. The van der Waals surface area contributed by atoms with E-state index in [0.29, 0.717) is 18.6 Å². The van der Waals surface area contributed by atoms with E-state index in [0.717, 1.165) is 13.1 Å². The summed E-state index contributed by atoms with van der Waals surface area (Å²) in [5, 5.41) is 11.6. The molecule has 0 saturated carbocycles. The maximum Gasteiger partial charge on any atom is 0.495 e. The van der Waals surface area contributed by atoms with Crippen LogP contribution in [0.4, 0.5) is 5.69 Å². The lowest BCUT2D eigenvalue weighted by Gasteiger charge is -2.32. The predicted octanol–water partition coefficient (Wildman–Crippen LogP) is 1.28. The van der Waals surface area contributed by atoms with Gasteiger partial charge in [0.05, 0.1) is 16.1 Å². The Labute approximate surface area is 159 Å². The molecular formula is C18H26BN3O5. The van der Waals surface area contributed by atoms with Crippen molar-refractivity contribution in [2.45, 2.75) is 38.9 Å². The van der Waals surface area contributed by atoms with Crippen LogP contribution < -0.4 is 5.46 Å². The molecule has 9 heteroatoms. The summed E-state index contributed by atoms with van der Waals surface area (Å²) in [5.41, 5.74) is -0.659. The zero-order chi connectivity index (χ0) is 20.0. The maximum absolute atomic E-state index is 12.8. The van der Waals surface area contributed by atoms with Crippen molar-refractivity contribution < 1.29 is 19.0 Å². The number of carbonyl (C=O) groups excluding carboxylic acids is 1. The van der Waals surface area contributed by atoms with Gasteiger partial charge >= 0.3 is 7.12 Å². The Bertz CT molecular complexity index is 743. The van der Waals surface area contributed by atoms with Crippen LogP contribution in [-0.2, 0) is 9.31 Å². The Morgan fingerprint density at radius 2 is 1.67 bits per heavy atom. The minimum atomic E-state index is -0.707. The van der Waals surface area contributed by atoms with Crippen molar-refractivity contribution in [3.8, 4) is 0 Å². The molecule has 27 heavy (non-hydrogen) atoms. The molecule has 0 radical (unpaired) electrons. The first-order valence-corrected chi connectivity index (χ1v) is 9.13. The van der Waals surface area contributed by atoms with Gasteiger partial charge < -0.3 is 19.1 Å². The van der Waals surface area contributed by atoms with Gasteiger partial charge in [-0.25, -0.2) is 0 Å². The Morgan fingerprint density at radius 1 is 1.11 bits per heavy atom. The molecule has 0 atom stereocenters. The zero-order valence-corrected chi connectivity index (χ0v) is 16.5.